The third kappa shape index (κ3) is 4.36. The van der Waals surface area contributed by atoms with Crippen LogP contribution in [-0.4, -0.2) is 44.2 Å². The Bertz CT molecular complexity index is 459. The van der Waals surface area contributed by atoms with Crippen molar-refractivity contribution >= 4 is 11.6 Å². The van der Waals surface area contributed by atoms with Crippen LogP contribution in [0.15, 0.2) is 18.2 Å². The van der Waals surface area contributed by atoms with Gasteiger partial charge >= 0.3 is 0 Å². The van der Waals surface area contributed by atoms with Gasteiger partial charge in [0.05, 0.1) is 19.4 Å². The lowest BCUT2D eigenvalue weighted by Gasteiger charge is -2.30. The summed E-state index contributed by atoms with van der Waals surface area (Å²) in [7, 11) is 3.20. The van der Waals surface area contributed by atoms with Crippen LogP contribution >= 0.6 is 0 Å². The monoisotopic (exact) mass is 294 g/mol. The zero-order chi connectivity index (χ0) is 15.8. The second kappa shape index (κ2) is 8.52. The molecule has 0 fully saturated rings. The first kappa shape index (κ1) is 17.3. The van der Waals surface area contributed by atoms with E-state index in [2.05, 4.69) is 13.8 Å². The lowest BCUT2D eigenvalue weighted by atomic mass is 10.1. The number of nitrogens with two attached hydrogens (primary N) is 1. The molecule has 0 radical (unpaired) electrons. The topological polar surface area (TPSA) is 64.8 Å². The Hall–Kier alpha value is -1.75. The van der Waals surface area contributed by atoms with Gasteiger partial charge in [-0.15, -0.1) is 0 Å². The van der Waals surface area contributed by atoms with Crippen molar-refractivity contribution in [2.24, 2.45) is 0 Å². The highest BCUT2D eigenvalue weighted by molar-refractivity contribution is 5.95. The first-order valence-electron chi connectivity index (χ1n) is 7.32. The number of methoxy groups -OCH3 is 2. The Morgan fingerprint density at radius 2 is 1.95 bits per heavy atom. The van der Waals surface area contributed by atoms with E-state index in [0.717, 1.165) is 12.8 Å². The summed E-state index contributed by atoms with van der Waals surface area (Å²) in [5.41, 5.74) is 6.94. The van der Waals surface area contributed by atoms with Crippen LogP contribution in [0.3, 0.4) is 0 Å². The van der Waals surface area contributed by atoms with Crippen molar-refractivity contribution in [3.8, 4) is 5.75 Å². The fourth-order valence-electron chi connectivity index (χ4n) is 2.40. The van der Waals surface area contributed by atoms with Crippen LogP contribution < -0.4 is 10.5 Å². The summed E-state index contributed by atoms with van der Waals surface area (Å²) in [6.07, 6.45) is 1.83. The average molecular weight is 294 g/mol. The molecule has 5 heteroatoms. The molecule has 118 valence electrons. The number of nitrogens with zero attached hydrogens (tertiary/aromatic N) is 1. The molecule has 1 rings (SSSR count). The smallest absolute Gasteiger partial charge is 0.254 e. The molecule has 1 amide bonds. The second-order valence-electron chi connectivity index (χ2n) is 4.92. The van der Waals surface area contributed by atoms with Gasteiger partial charge in [0.25, 0.3) is 5.91 Å². The van der Waals surface area contributed by atoms with E-state index in [1.807, 2.05) is 4.90 Å². The van der Waals surface area contributed by atoms with Crippen molar-refractivity contribution in [1.82, 2.24) is 4.90 Å². The quantitative estimate of drug-likeness (QED) is 0.748. The average Bonchev–Trinajstić information content (AvgIpc) is 2.50. The maximum atomic E-state index is 12.7. The van der Waals surface area contributed by atoms with Crippen LogP contribution in [0.4, 0.5) is 5.69 Å². The summed E-state index contributed by atoms with van der Waals surface area (Å²) in [5.74, 6) is 0.563. The second-order valence-corrected chi connectivity index (χ2v) is 4.92. The van der Waals surface area contributed by atoms with Crippen LogP contribution in [0, 0.1) is 0 Å². The molecule has 0 saturated heterocycles. The molecule has 1 aromatic rings. The fourth-order valence-corrected chi connectivity index (χ4v) is 2.40. The number of rotatable bonds is 8. The van der Waals surface area contributed by atoms with Gasteiger partial charge in [0.1, 0.15) is 5.75 Å². The van der Waals surface area contributed by atoms with Crippen molar-refractivity contribution in [2.45, 2.75) is 32.7 Å². The molecule has 21 heavy (non-hydrogen) atoms. The van der Waals surface area contributed by atoms with Gasteiger partial charge < -0.3 is 20.1 Å². The van der Waals surface area contributed by atoms with Crippen molar-refractivity contribution in [1.29, 1.82) is 0 Å². The molecular formula is C16H26N2O3. The van der Waals surface area contributed by atoms with E-state index in [1.165, 1.54) is 0 Å². The van der Waals surface area contributed by atoms with Gasteiger partial charge in [-0.1, -0.05) is 13.8 Å². The number of hydrogen-bond donors (Lipinski definition) is 1. The summed E-state index contributed by atoms with van der Waals surface area (Å²) in [4.78, 5) is 14.6. The number of ether oxygens (including phenoxy) is 2. The number of anilines is 1. The maximum Gasteiger partial charge on any atom is 0.254 e. The Balaban J connectivity index is 3.00. The molecule has 0 unspecified atom stereocenters. The van der Waals surface area contributed by atoms with E-state index in [-0.39, 0.29) is 11.9 Å². The molecule has 0 aromatic heterocycles. The molecular weight excluding hydrogens is 268 g/mol. The zero-order valence-corrected chi connectivity index (χ0v) is 13.4. The molecule has 5 nitrogen and oxygen atoms in total. The maximum absolute atomic E-state index is 12.7. The van der Waals surface area contributed by atoms with E-state index in [1.54, 1.807) is 32.4 Å². The van der Waals surface area contributed by atoms with Gasteiger partial charge in [0.15, 0.2) is 0 Å². The molecule has 2 N–H and O–H groups in total. The molecule has 0 saturated carbocycles. The van der Waals surface area contributed by atoms with E-state index >= 15 is 0 Å². The van der Waals surface area contributed by atoms with Gasteiger partial charge in [-0.2, -0.15) is 0 Å². The van der Waals surface area contributed by atoms with Crippen LogP contribution in [0.2, 0.25) is 0 Å². The van der Waals surface area contributed by atoms with Gasteiger partial charge in [-0.3, -0.25) is 4.79 Å². The standard InChI is InChI=1S/C16H26N2O3/c1-5-13(6-2)18(9-10-20-3)16(19)12-7-8-15(21-4)14(17)11-12/h7-8,11,13H,5-6,9-10,17H2,1-4H3. The van der Waals surface area contributed by atoms with Crippen molar-refractivity contribution in [3.63, 3.8) is 0 Å². The third-order valence-corrected chi connectivity index (χ3v) is 3.66. The minimum atomic E-state index is -0.0184. The summed E-state index contributed by atoms with van der Waals surface area (Å²) >= 11 is 0. The normalized spacial score (nSPS) is 10.7. The number of carbonyl (C=O) groups excluding carboxylic acids is 1. The van der Waals surface area contributed by atoms with Crippen LogP contribution in [0.5, 0.6) is 5.75 Å². The molecule has 0 aliphatic heterocycles. The largest absolute Gasteiger partial charge is 0.495 e. The molecule has 1 aromatic carbocycles. The summed E-state index contributed by atoms with van der Waals surface area (Å²) in [6.45, 7) is 5.27. The number of hydrogen-bond acceptors (Lipinski definition) is 4. The van der Waals surface area contributed by atoms with Crippen LogP contribution in [-0.2, 0) is 4.74 Å². The molecule has 0 aliphatic carbocycles. The van der Waals surface area contributed by atoms with Crippen molar-refractivity contribution < 1.29 is 14.3 Å². The van der Waals surface area contributed by atoms with E-state index in [9.17, 15) is 4.79 Å². The predicted octanol–water partition coefficient (Wildman–Crippen LogP) is 2.55. The summed E-state index contributed by atoms with van der Waals surface area (Å²) in [5, 5.41) is 0. The minimum absolute atomic E-state index is 0.0184. The predicted molar refractivity (Wildman–Crippen MR) is 84.7 cm³/mol. The Morgan fingerprint density at radius 1 is 1.29 bits per heavy atom. The van der Waals surface area contributed by atoms with Crippen LogP contribution in [0.1, 0.15) is 37.0 Å². The molecule has 0 bridgehead atoms. The molecule has 0 heterocycles. The Kier molecular flexibility index (Phi) is 7.02. The highest BCUT2D eigenvalue weighted by atomic mass is 16.5. The lowest BCUT2D eigenvalue weighted by molar-refractivity contribution is 0.0589. The first-order valence-corrected chi connectivity index (χ1v) is 7.32. The first-order chi connectivity index (χ1) is 10.1. The molecule has 0 aliphatic rings. The summed E-state index contributed by atoms with van der Waals surface area (Å²) in [6, 6.07) is 5.35. The van der Waals surface area contributed by atoms with Gasteiger partial charge in [0.2, 0.25) is 0 Å². The van der Waals surface area contributed by atoms with Gasteiger partial charge in [0, 0.05) is 25.3 Å². The van der Waals surface area contributed by atoms with Gasteiger partial charge in [-0.25, -0.2) is 0 Å². The number of nitrogen functional groups attached to an aromatic ring is 1. The van der Waals surface area contributed by atoms with E-state index in [4.69, 9.17) is 15.2 Å². The fraction of sp³-hybridized carbons (Fsp3) is 0.562. The SMILES string of the molecule is CCC(CC)N(CCOC)C(=O)c1ccc(OC)c(N)c1. The molecule has 0 spiro atoms. The minimum Gasteiger partial charge on any atom is -0.495 e. The summed E-state index contributed by atoms with van der Waals surface area (Å²) < 4.78 is 10.2. The Labute approximate surface area is 127 Å². The van der Waals surface area contributed by atoms with E-state index < -0.39 is 0 Å². The number of benzene rings is 1. The zero-order valence-electron chi connectivity index (χ0n) is 13.4. The molecule has 0 atom stereocenters. The van der Waals surface area contributed by atoms with Crippen molar-refractivity contribution in [2.75, 3.05) is 33.1 Å². The van der Waals surface area contributed by atoms with Gasteiger partial charge in [-0.05, 0) is 31.0 Å². The highest BCUT2D eigenvalue weighted by Gasteiger charge is 2.22. The van der Waals surface area contributed by atoms with E-state index in [0.29, 0.717) is 30.2 Å². The van der Waals surface area contributed by atoms with Crippen molar-refractivity contribution in [3.05, 3.63) is 23.8 Å². The third-order valence-electron chi connectivity index (χ3n) is 3.66. The lowest BCUT2D eigenvalue weighted by Crippen LogP contribution is -2.41. The Morgan fingerprint density at radius 3 is 2.43 bits per heavy atom. The number of amides is 1. The van der Waals surface area contributed by atoms with Crippen LogP contribution in [0.25, 0.3) is 0 Å². The highest BCUT2D eigenvalue weighted by Crippen LogP contribution is 2.23. The number of carbonyl (C=O) groups is 1.